The molecule has 0 aliphatic rings. The Balaban J connectivity index is 1.86. The Morgan fingerprint density at radius 2 is 2.05 bits per heavy atom. The second kappa shape index (κ2) is 4.12. The summed E-state index contributed by atoms with van der Waals surface area (Å²) in [5, 5.41) is 9.72. The molecule has 3 aromatic heterocycles. The van der Waals surface area contributed by atoms with Gasteiger partial charge in [0.1, 0.15) is 12.9 Å². The van der Waals surface area contributed by atoms with Crippen LogP contribution in [0.1, 0.15) is 11.5 Å². The van der Waals surface area contributed by atoms with Gasteiger partial charge in [0.15, 0.2) is 11.5 Å². The van der Waals surface area contributed by atoms with Crippen molar-refractivity contribution >= 4 is 16.6 Å². The molecule has 0 saturated heterocycles. The fourth-order valence-electron chi connectivity index (χ4n) is 2.29. The first-order valence-electron chi connectivity index (χ1n) is 6.39. The Morgan fingerprint density at radius 3 is 2.90 bits per heavy atom. The Labute approximate surface area is 114 Å². The van der Waals surface area contributed by atoms with Crippen LogP contribution in [0.3, 0.4) is 0 Å². The van der Waals surface area contributed by atoms with Gasteiger partial charge in [0, 0.05) is 17.3 Å². The van der Waals surface area contributed by atoms with E-state index in [1.54, 1.807) is 17.0 Å². The molecule has 6 nitrogen and oxygen atoms in total. The number of hydrogen-bond donors (Lipinski definition) is 0. The van der Waals surface area contributed by atoms with Crippen LogP contribution in [0.2, 0.25) is 0 Å². The van der Waals surface area contributed by atoms with Gasteiger partial charge in [-0.3, -0.25) is 4.68 Å². The van der Waals surface area contributed by atoms with E-state index in [0.29, 0.717) is 6.54 Å². The van der Waals surface area contributed by atoms with Crippen LogP contribution in [0.4, 0.5) is 0 Å². The third kappa shape index (κ3) is 1.65. The Bertz CT molecular complexity index is 904. The summed E-state index contributed by atoms with van der Waals surface area (Å²) in [6.45, 7) is 2.58. The van der Waals surface area contributed by atoms with Crippen LogP contribution in [0.15, 0.2) is 42.9 Å². The number of aromatic nitrogens is 6. The van der Waals surface area contributed by atoms with Crippen molar-refractivity contribution in [1.82, 2.24) is 29.4 Å². The van der Waals surface area contributed by atoms with E-state index < -0.39 is 0 Å². The van der Waals surface area contributed by atoms with Gasteiger partial charge in [-0.25, -0.2) is 14.5 Å². The lowest BCUT2D eigenvalue weighted by Crippen LogP contribution is -2.05. The maximum Gasteiger partial charge on any atom is 0.173 e. The topological polar surface area (TPSA) is 60.9 Å². The quantitative estimate of drug-likeness (QED) is 0.554. The number of benzene rings is 1. The van der Waals surface area contributed by atoms with E-state index >= 15 is 0 Å². The monoisotopic (exact) mass is 264 g/mol. The van der Waals surface area contributed by atoms with Gasteiger partial charge in [-0.2, -0.15) is 5.10 Å². The molecule has 0 saturated carbocycles. The molecule has 20 heavy (non-hydrogen) atoms. The number of hydrogen-bond acceptors (Lipinski definition) is 4. The lowest BCUT2D eigenvalue weighted by atomic mass is 10.2. The van der Waals surface area contributed by atoms with Gasteiger partial charge in [0.05, 0.1) is 5.52 Å². The average Bonchev–Trinajstić information content (AvgIpc) is 3.06. The summed E-state index contributed by atoms with van der Waals surface area (Å²) >= 11 is 0. The zero-order valence-electron chi connectivity index (χ0n) is 10.9. The molecule has 0 fully saturated rings. The maximum absolute atomic E-state index is 4.61. The third-order valence-corrected chi connectivity index (χ3v) is 3.35. The first-order valence-corrected chi connectivity index (χ1v) is 6.39. The van der Waals surface area contributed by atoms with Crippen molar-refractivity contribution in [2.24, 2.45) is 0 Å². The molecule has 6 heteroatoms. The van der Waals surface area contributed by atoms with Crippen LogP contribution in [-0.2, 0) is 6.54 Å². The summed E-state index contributed by atoms with van der Waals surface area (Å²) < 4.78 is 3.60. The van der Waals surface area contributed by atoms with Gasteiger partial charge in [-0.15, -0.1) is 5.10 Å². The largest absolute Gasteiger partial charge is 0.262 e. The van der Waals surface area contributed by atoms with Gasteiger partial charge in [0.2, 0.25) is 0 Å². The molecule has 0 bridgehead atoms. The Morgan fingerprint density at radius 1 is 1.15 bits per heavy atom. The van der Waals surface area contributed by atoms with Gasteiger partial charge >= 0.3 is 0 Å². The van der Waals surface area contributed by atoms with Crippen LogP contribution >= 0.6 is 0 Å². The molecule has 0 radical (unpaired) electrons. The molecule has 98 valence electrons. The van der Waals surface area contributed by atoms with Crippen LogP contribution in [-0.4, -0.2) is 29.4 Å². The standard InChI is InChI=1S/C14H12N6/c1-10-6-7-16-19(10)8-13-17-14-11-4-2-3-5-12(11)15-9-20(14)18-13/h2-7,9H,8H2,1H3. The normalized spacial score (nSPS) is 11.4. The Kier molecular flexibility index (Phi) is 2.29. The molecule has 0 spiro atoms. The molecule has 0 N–H and O–H groups in total. The van der Waals surface area contributed by atoms with E-state index in [4.69, 9.17) is 0 Å². The molecule has 0 unspecified atom stereocenters. The zero-order chi connectivity index (χ0) is 13.5. The summed E-state index contributed by atoms with van der Waals surface area (Å²) in [4.78, 5) is 8.98. The average molecular weight is 264 g/mol. The third-order valence-electron chi connectivity index (χ3n) is 3.35. The number of nitrogens with zero attached hydrogens (tertiary/aromatic N) is 6. The minimum Gasteiger partial charge on any atom is -0.262 e. The lowest BCUT2D eigenvalue weighted by molar-refractivity contribution is 0.635. The van der Waals surface area contributed by atoms with Crippen molar-refractivity contribution < 1.29 is 0 Å². The first kappa shape index (κ1) is 11.1. The molecule has 0 aliphatic heterocycles. The summed E-state index contributed by atoms with van der Waals surface area (Å²) in [6, 6.07) is 9.90. The van der Waals surface area contributed by atoms with Crippen LogP contribution in [0.25, 0.3) is 16.6 Å². The molecule has 4 aromatic rings. The molecular formula is C14H12N6. The lowest BCUT2D eigenvalue weighted by Gasteiger charge is -1.98. The molecule has 4 rings (SSSR count). The minimum atomic E-state index is 0.564. The molecular weight excluding hydrogens is 252 g/mol. The van der Waals surface area contributed by atoms with E-state index in [9.17, 15) is 0 Å². The smallest absolute Gasteiger partial charge is 0.173 e. The van der Waals surface area contributed by atoms with E-state index in [2.05, 4.69) is 20.2 Å². The minimum absolute atomic E-state index is 0.564. The second-order valence-electron chi connectivity index (χ2n) is 4.69. The number of rotatable bonds is 2. The first-order chi connectivity index (χ1) is 9.81. The second-order valence-corrected chi connectivity index (χ2v) is 4.69. The predicted octanol–water partition coefficient (Wildman–Crippen LogP) is 1.83. The van der Waals surface area contributed by atoms with Crippen molar-refractivity contribution in [1.29, 1.82) is 0 Å². The summed E-state index contributed by atoms with van der Waals surface area (Å²) in [7, 11) is 0. The predicted molar refractivity (Wildman–Crippen MR) is 74.4 cm³/mol. The summed E-state index contributed by atoms with van der Waals surface area (Å²) in [5.41, 5.74) is 2.84. The summed E-state index contributed by atoms with van der Waals surface area (Å²) in [5.74, 6) is 0.731. The maximum atomic E-state index is 4.61. The number of fused-ring (bicyclic) bond motifs is 3. The SMILES string of the molecule is Cc1ccnn1Cc1nc2c3ccccc3ncn2n1. The number of aryl methyl sites for hydroxylation is 1. The molecule has 1 aromatic carbocycles. The highest BCUT2D eigenvalue weighted by Gasteiger charge is 2.09. The van der Waals surface area contributed by atoms with E-state index in [0.717, 1.165) is 28.1 Å². The van der Waals surface area contributed by atoms with Gasteiger partial charge in [-0.1, -0.05) is 12.1 Å². The highest BCUT2D eigenvalue weighted by Crippen LogP contribution is 2.16. The van der Waals surface area contributed by atoms with E-state index in [1.165, 1.54) is 0 Å². The van der Waals surface area contributed by atoms with E-state index in [-0.39, 0.29) is 0 Å². The zero-order valence-corrected chi connectivity index (χ0v) is 10.9. The van der Waals surface area contributed by atoms with E-state index in [1.807, 2.05) is 41.9 Å². The van der Waals surface area contributed by atoms with Gasteiger partial charge in [-0.05, 0) is 25.1 Å². The van der Waals surface area contributed by atoms with Gasteiger partial charge < -0.3 is 0 Å². The van der Waals surface area contributed by atoms with Crippen LogP contribution < -0.4 is 0 Å². The van der Waals surface area contributed by atoms with Crippen LogP contribution in [0.5, 0.6) is 0 Å². The van der Waals surface area contributed by atoms with Gasteiger partial charge in [0.25, 0.3) is 0 Å². The fraction of sp³-hybridized carbons (Fsp3) is 0.143. The summed E-state index contributed by atoms with van der Waals surface area (Å²) in [6.07, 6.45) is 3.48. The highest BCUT2D eigenvalue weighted by molar-refractivity contribution is 5.90. The Hall–Kier alpha value is -2.76. The molecule has 0 atom stereocenters. The van der Waals surface area contributed by atoms with Crippen molar-refractivity contribution in [3.05, 3.63) is 54.4 Å². The molecule has 0 amide bonds. The van der Waals surface area contributed by atoms with Crippen molar-refractivity contribution in [2.45, 2.75) is 13.5 Å². The highest BCUT2D eigenvalue weighted by atomic mass is 15.3. The molecule has 3 heterocycles. The van der Waals surface area contributed by atoms with Crippen LogP contribution in [0, 0.1) is 6.92 Å². The molecule has 0 aliphatic carbocycles. The number of para-hydroxylation sites is 1. The van der Waals surface area contributed by atoms with Crippen molar-refractivity contribution in [3.63, 3.8) is 0 Å². The van der Waals surface area contributed by atoms with Crippen molar-refractivity contribution in [2.75, 3.05) is 0 Å². The van der Waals surface area contributed by atoms with Crippen molar-refractivity contribution in [3.8, 4) is 0 Å². The fourth-order valence-corrected chi connectivity index (χ4v) is 2.29.